The number of aryl methyl sites for hydroxylation is 1. The van der Waals surface area contributed by atoms with Crippen LogP contribution in [0, 0.1) is 0 Å². The van der Waals surface area contributed by atoms with Crippen LogP contribution in [0.1, 0.15) is 15.9 Å². The lowest BCUT2D eigenvalue weighted by atomic mass is 10.2. The highest BCUT2D eigenvalue weighted by Crippen LogP contribution is 2.31. The Labute approximate surface area is 192 Å². The molecule has 0 saturated carbocycles. The van der Waals surface area contributed by atoms with Crippen molar-refractivity contribution >= 4 is 27.3 Å². The van der Waals surface area contributed by atoms with Gasteiger partial charge in [-0.2, -0.15) is 18.3 Å². The Hall–Kier alpha value is -4.06. The zero-order valence-electron chi connectivity index (χ0n) is 17.6. The van der Waals surface area contributed by atoms with Gasteiger partial charge in [-0.1, -0.05) is 12.1 Å². The van der Waals surface area contributed by atoms with Gasteiger partial charge >= 0.3 is 6.18 Å². The number of alkyl halides is 3. The molecule has 0 aliphatic rings. The molecule has 176 valence electrons. The van der Waals surface area contributed by atoms with Gasteiger partial charge < -0.3 is 9.88 Å². The zero-order valence-corrected chi connectivity index (χ0v) is 18.4. The van der Waals surface area contributed by atoms with Crippen molar-refractivity contribution in [1.82, 2.24) is 14.3 Å². The average Bonchev–Trinajstić information content (AvgIpc) is 3.42. The number of carbonyl (C=O) groups is 1. The number of rotatable bonds is 6. The third-order valence-corrected chi connectivity index (χ3v) is 6.22. The van der Waals surface area contributed by atoms with Crippen molar-refractivity contribution in [2.75, 3.05) is 10.0 Å². The van der Waals surface area contributed by atoms with Crippen molar-refractivity contribution in [3.8, 4) is 5.82 Å². The van der Waals surface area contributed by atoms with E-state index in [-0.39, 0.29) is 21.8 Å². The lowest BCUT2D eigenvalue weighted by Crippen LogP contribution is -2.16. The van der Waals surface area contributed by atoms with Crippen LogP contribution < -0.4 is 10.0 Å². The molecule has 2 aromatic carbocycles. The van der Waals surface area contributed by atoms with Crippen LogP contribution in [0.2, 0.25) is 0 Å². The number of halogens is 3. The minimum Gasteiger partial charge on any atom is -0.322 e. The largest absolute Gasteiger partial charge is 0.416 e. The summed E-state index contributed by atoms with van der Waals surface area (Å²) in [5.41, 5.74) is -0.784. The molecule has 0 aliphatic heterocycles. The van der Waals surface area contributed by atoms with Crippen molar-refractivity contribution in [1.29, 1.82) is 0 Å². The molecular weight excluding hydrogens is 471 g/mol. The van der Waals surface area contributed by atoms with Crippen molar-refractivity contribution in [3.05, 3.63) is 90.4 Å². The standard InChI is InChI=1S/C22H18F3N5O3S/c1-29-21(30-10-2-3-11-30)19(14-26-29)20(31)27-16-7-5-9-18(13-16)34(32,33)28-17-8-4-6-15(12-17)22(23,24)25/h2-14,28H,1H3,(H,27,31). The zero-order chi connectivity index (χ0) is 24.5. The van der Waals surface area contributed by atoms with E-state index in [0.29, 0.717) is 11.9 Å². The van der Waals surface area contributed by atoms with Gasteiger partial charge in [0.15, 0.2) is 0 Å². The Morgan fingerprint density at radius 2 is 1.65 bits per heavy atom. The minimum atomic E-state index is -4.61. The minimum absolute atomic E-state index is 0.180. The summed E-state index contributed by atoms with van der Waals surface area (Å²) < 4.78 is 69.7. The fraction of sp³-hybridized carbons (Fsp3) is 0.0909. The quantitative estimate of drug-likeness (QED) is 0.422. The van der Waals surface area contributed by atoms with Gasteiger partial charge in [0.05, 0.1) is 16.7 Å². The Balaban J connectivity index is 1.57. The van der Waals surface area contributed by atoms with E-state index in [1.54, 1.807) is 36.1 Å². The summed E-state index contributed by atoms with van der Waals surface area (Å²) in [6.07, 6.45) is 0.277. The Kier molecular flexibility index (Phi) is 5.92. The molecule has 0 aliphatic carbocycles. The maximum Gasteiger partial charge on any atom is 0.416 e. The Morgan fingerprint density at radius 1 is 0.971 bits per heavy atom. The molecule has 0 radical (unpaired) electrons. The molecule has 0 atom stereocenters. The first kappa shape index (κ1) is 23.1. The number of benzene rings is 2. The van der Waals surface area contributed by atoms with E-state index in [0.717, 1.165) is 12.1 Å². The van der Waals surface area contributed by atoms with E-state index in [9.17, 15) is 26.4 Å². The second kappa shape index (κ2) is 8.71. The maximum absolute atomic E-state index is 12.9. The number of aromatic nitrogens is 3. The fourth-order valence-corrected chi connectivity index (χ4v) is 4.38. The number of hydrogen-bond acceptors (Lipinski definition) is 4. The van der Waals surface area contributed by atoms with Crippen molar-refractivity contribution in [2.45, 2.75) is 11.1 Å². The molecule has 8 nitrogen and oxygen atoms in total. The van der Waals surface area contributed by atoms with Crippen molar-refractivity contribution < 1.29 is 26.4 Å². The first-order chi connectivity index (χ1) is 16.0. The summed E-state index contributed by atoms with van der Waals surface area (Å²) in [5, 5.41) is 6.74. The number of anilines is 2. The third kappa shape index (κ3) is 4.81. The lowest BCUT2D eigenvalue weighted by molar-refractivity contribution is -0.137. The summed E-state index contributed by atoms with van der Waals surface area (Å²) in [4.78, 5) is 12.6. The molecule has 1 amide bonds. The molecule has 2 heterocycles. The number of carbonyl (C=O) groups excluding carboxylic acids is 1. The molecule has 4 aromatic rings. The molecule has 0 unspecified atom stereocenters. The predicted molar refractivity (Wildman–Crippen MR) is 119 cm³/mol. The Morgan fingerprint density at radius 3 is 2.35 bits per heavy atom. The average molecular weight is 489 g/mol. The summed E-state index contributed by atoms with van der Waals surface area (Å²) in [5.74, 6) is -0.00493. The van der Waals surface area contributed by atoms with Crippen LogP contribution in [0.5, 0.6) is 0 Å². The molecule has 0 saturated heterocycles. The van der Waals surface area contributed by atoms with E-state index < -0.39 is 27.7 Å². The highest BCUT2D eigenvalue weighted by atomic mass is 32.2. The lowest BCUT2D eigenvalue weighted by Gasteiger charge is -2.12. The second-order valence-corrected chi connectivity index (χ2v) is 8.94. The normalized spacial score (nSPS) is 11.9. The van der Waals surface area contributed by atoms with E-state index in [1.165, 1.54) is 41.2 Å². The number of nitrogens with zero attached hydrogens (tertiary/aromatic N) is 3. The number of sulfonamides is 1. The molecule has 4 rings (SSSR count). The van der Waals surface area contributed by atoms with Crippen molar-refractivity contribution in [3.63, 3.8) is 0 Å². The van der Waals surface area contributed by atoms with Gasteiger partial charge in [-0.05, 0) is 48.5 Å². The first-order valence-corrected chi connectivity index (χ1v) is 11.3. The first-order valence-electron chi connectivity index (χ1n) is 9.81. The van der Waals surface area contributed by atoms with Crippen LogP contribution in [0.15, 0.2) is 84.1 Å². The predicted octanol–water partition coefficient (Wildman–Crippen LogP) is 4.28. The van der Waals surface area contributed by atoms with Gasteiger partial charge in [-0.3, -0.25) is 14.2 Å². The van der Waals surface area contributed by atoms with Crippen LogP contribution in [0.3, 0.4) is 0 Å². The van der Waals surface area contributed by atoms with E-state index >= 15 is 0 Å². The molecule has 12 heteroatoms. The smallest absolute Gasteiger partial charge is 0.322 e. The van der Waals surface area contributed by atoms with Gasteiger partial charge in [0, 0.05) is 30.8 Å². The van der Waals surface area contributed by atoms with Crippen LogP contribution in [0.4, 0.5) is 24.5 Å². The number of amides is 1. The highest BCUT2D eigenvalue weighted by Gasteiger charge is 2.30. The summed E-state index contributed by atoms with van der Waals surface area (Å²) >= 11 is 0. The topological polar surface area (TPSA) is 98.0 Å². The van der Waals surface area contributed by atoms with Crippen LogP contribution >= 0.6 is 0 Å². The van der Waals surface area contributed by atoms with E-state index in [4.69, 9.17) is 0 Å². The monoisotopic (exact) mass is 489 g/mol. The molecule has 0 fully saturated rings. The molecule has 34 heavy (non-hydrogen) atoms. The van der Waals surface area contributed by atoms with Gasteiger partial charge in [0.2, 0.25) is 0 Å². The van der Waals surface area contributed by atoms with Gasteiger partial charge in [0.25, 0.3) is 15.9 Å². The fourth-order valence-electron chi connectivity index (χ4n) is 3.29. The molecule has 2 N–H and O–H groups in total. The number of nitrogens with one attached hydrogen (secondary N) is 2. The molecule has 0 bridgehead atoms. The third-order valence-electron chi connectivity index (χ3n) is 4.85. The molecule has 0 spiro atoms. The van der Waals surface area contributed by atoms with Crippen LogP contribution in [-0.2, 0) is 23.2 Å². The second-order valence-electron chi connectivity index (χ2n) is 7.26. The maximum atomic E-state index is 12.9. The Bertz CT molecular complexity index is 1440. The van der Waals surface area contributed by atoms with E-state index in [2.05, 4.69) is 15.1 Å². The van der Waals surface area contributed by atoms with Gasteiger partial charge in [-0.15, -0.1) is 0 Å². The van der Waals surface area contributed by atoms with E-state index in [1.807, 2.05) is 0 Å². The highest BCUT2D eigenvalue weighted by molar-refractivity contribution is 7.92. The number of hydrogen-bond donors (Lipinski definition) is 2. The summed E-state index contributed by atoms with van der Waals surface area (Å²) in [7, 11) is -2.55. The molecular formula is C22H18F3N5O3S. The summed E-state index contributed by atoms with van der Waals surface area (Å²) in [6, 6.07) is 12.8. The van der Waals surface area contributed by atoms with Crippen LogP contribution in [-0.4, -0.2) is 28.7 Å². The van der Waals surface area contributed by atoms with Gasteiger partial charge in [-0.25, -0.2) is 8.42 Å². The summed E-state index contributed by atoms with van der Waals surface area (Å²) in [6.45, 7) is 0. The SMILES string of the molecule is Cn1ncc(C(=O)Nc2cccc(S(=O)(=O)Nc3cccc(C(F)(F)F)c3)c2)c1-n1cccc1. The molecule has 2 aromatic heterocycles. The van der Waals surface area contributed by atoms with Crippen LogP contribution in [0.25, 0.3) is 5.82 Å². The van der Waals surface area contributed by atoms with Crippen molar-refractivity contribution in [2.24, 2.45) is 7.05 Å². The van der Waals surface area contributed by atoms with Gasteiger partial charge in [0.1, 0.15) is 11.4 Å².